The van der Waals surface area contributed by atoms with Gasteiger partial charge >= 0.3 is 5.97 Å². The van der Waals surface area contributed by atoms with Crippen molar-refractivity contribution in [3.63, 3.8) is 0 Å². The van der Waals surface area contributed by atoms with E-state index < -0.39 is 12.0 Å². The zero-order valence-corrected chi connectivity index (χ0v) is 16.1. The average molecular weight is 362 g/mol. The quantitative estimate of drug-likeness (QED) is 0.779. The number of benzene rings is 1. The highest BCUT2D eigenvalue weighted by molar-refractivity contribution is 5.96. The lowest BCUT2D eigenvalue weighted by molar-refractivity contribution is -0.139. The number of rotatable bonds is 7. The van der Waals surface area contributed by atoms with Crippen LogP contribution in [0.2, 0.25) is 0 Å². The van der Waals surface area contributed by atoms with Crippen molar-refractivity contribution in [2.75, 3.05) is 13.1 Å². The van der Waals surface area contributed by atoms with Gasteiger partial charge in [0.2, 0.25) is 0 Å². The van der Waals surface area contributed by atoms with E-state index in [0.29, 0.717) is 12.0 Å². The monoisotopic (exact) mass is 362 g/mol. The Balaban J connectivity index is 1.95. The summed E-state index contributed by atoms with van der Waals surface area (Å²) in [6, 6.07) is 6.51. The van der Waals surface area contributed by atoms with Gasteiger partial charge in [0.15, 0.2) is 0 Å². The van der Waals surface area contributed by atoms with E-state index in [2.05, 4.69) is 24.1 Å². The first-order valence-electron chi connectivity index (χ1n) is 9.25. The summed E-state index contributed by atoms with van der Waals surface area (Å²) in [5.41, 5.74) is 1.60. The molecule has 0 unspecified atom stereocenters. The molecular weight excluding hydrogens is 332 g/mol. The molecule has 1 aliphatic heterocycles. The number of ether oxygens (including phenoxy) is 1. The molecule has 0 bridgehead atoms. The third-order valence-electron chi connectivity index (χ3n) is 4.43. The van der Waals surface area contributed by atoms with Crippen LogP contribution in [0.15, 0.2) is 24.3 Å². The van der Waals surface area contributed by atoms with E-state index >= 15 is 0 Å². The van der Waals surface area contributed by atoms with Crippen molar-refractivity contribution in [2.45, 2.75) is 58.9 Å². The van der Waals surface area contributed by atoms with Crippen LogP contribution in [0.25, 0.3) is 0 Å². The Morgan fingerprint density at radius 3 is 2.27 bits per heavy atom. The third-order valence-corrected chi connectivity index (χ3v) is 4.43. The first kappa shape index (κ1) is 20.4. The van der Waals surface area contributed by atoms with Crippen LogP contribution in [-0.4, -0.2) is 53.2 Å². The number of nitrogens with one attached hydrogen (secondary N) is 1. The van der Waals surface area contributed by atoms with Gasteiger partial charge in [-0.1, -0.05) is 26.0 Å². The average Bonchev–Trinajstić information content (AvgIpc) is 2.53. The summed E-state index contributed by atoms with van der Waals surface area (Å²) in [4.78, 5) is 26.0. The molecule has 1 amide bonds. The Labute approximate surface area is 155 Å². The Morgan fingerprint density at radius 2 is 1.77 bits per heavy atom. The van der Waals surface area contributed by atoms with Gasteiger partial charge in [-0.25, -0.2) is 4.79 Å². The molecular formula is C20H30N2O4. The molecule has 1 aliphatic rings. The van der Waals surface area contributed by atoms with Crippen molar-refractivity contribution in [3.8, 4) is 0 Å². The molecule has 6 nitrogen and oxygen atoms in total. The molecule has 1 aromatic rings. The van der Waals surface area contributed by atoms with Crippen molar-refractivity contribution < 1.29 is 19.4 Å². The van der Waals surface area contributed by atoms with Crippen molar-refractivity contribution >= 4 is 11.9 Å². The topological polar surface area (TPSA) is 78.9 Å². The molecule has 0 spiro atoms. The smallest absolute Gasteiger partial charge is 0.326 e. The van der Waals surface area contributed by atoms with Crippen LogP contribution in [-0.2, 0) is 16.1 Å². The summed E-state index contributed by atoms with van der Waals surface area (Å²) in [7, 11) is 0. The van der Waals surface area contributed by atoms with E-state index in [0.717, 1.165) is 25.2 Å². The maximum atomic E-state index is 12.3. The number of morpholine rings is 1. The Bertz CT molecular complexity index is 605. The fourth-order valence-corrected chi connectivity index (χ4v) is 3.37. The largest absolute Gasteiger partial charge is 0.480 e. The zero-order valence-electron chi connectivity index (χ0n) is 16.1. The summed E-state index contributed by atoms with van der Waals surface area (Å²) in [6.07, 6.45) is 0.849. The number of carbonyl (C=O) groups is 2. The number of aliphatic carboxylic acids is 1. The van der Waals surface area contributed by atoms with Crippen LogP contribution in [0.3, 0.4) is 0 Å². The maximum Gasteiger partial charge on any atom is 0.326 e. The normalized spacial score (nSPS) is 22.2. The van der Waals surface area contributed by atoms with Crippen LogP contribution >= 0.6 is 0 Å². The summed E-state index contributed by atoms with van der Waals surface area (Å²) in [5, 5.41) is 11.9. The Morgan fingerprint density at radius 1 is 1.19 bits per heavy atom. The fraction of sp³-hybridized carbons (Fsp3) is 0.600. The van der Waals surface area contributed by atoms with E-state index in [1.165, 1.54) is 0 Å². The van der Waals surface area contributed by atoms with Crippen molar-refractivity contribution in [1.82, 2.24) is 10.2 Å². The molecule has 0 saturated carbocycles. The minimum Gasteiger partial charge on any atom is -0.480 e. The van der Waals surface area contributed by atoms with Crippen LogP contribution in [0.4, 0.5) is 0 Å². The molecule has 26 heavy (non-hydrogen) atoms. The number of carbonyl (C=O) groups excluding carboxylic acids is 1. The maximum absolute atomic E-state index is 12.3. The predicted molar refractivity (Wildman–Crippen MR) is 100 cm³/mol. The number of amides is 1. The van der Waals surface area contributed by atoms with Gasteiger partial charge < -0.3 is 15.2 Å². The van der Waals surface area contributed by atoms with Gasteiger partial charge in [-0.3, -0.25) is 9.69 Å². The lowest BCUT2D eigenvalue weighted by Gasteiger charge is -2.35. The SMILES string of the molecule is CC(C)C[C@@H](NC(=O)c1ccc(CN2C[C@H](C)O[C@@H](C)C2)cc1)C(=O)O. The summed E-state index contributed by atoms with van der Waals surface area (Å²) < 4.78 is 5.75. The molecule has 3 atom stereocenters. The van der Waals surface area contributed by atoms with Crippen LogP contribution < -0.4 is 5.32 Å². The molecule has 2 rings (SSSR count). The van der Waals surface area contributed by atoms with Crippen LogP contribution in [0.1, 0.15) is 50.0 Å². The summed E-state index contributed by atoms with van der Waals surface area (Å²) in [5.74, 6) is -1.16. The number of hydrogen-bond acceptors (Lipinski definition) is 4. The first-order valence-corrected chi connectivity index (χ1v) is 9.25. The van der Waals surface area contributed by atoms with Gasteiger partial charge in [0, 0.05) is 25.2 Å². The second kappa shape index (κ2) is 9.14. The van der Waals surface area contributed by atoms with E-state index in [9.17, 15) is 14.7 Å². The number of nitrogens with zero attached hydrogens (tertiary/aromatic N) is 1. The van der Waals surface area contributed by atoms with E-state index in [-0.39, 0.29) is 24.0 Å². The number of carboxylic acid groups (broad SMARTS) is 1. The van der Waals surface area contributed by atoms with Gasteiger partial charge in [0.05, 0.1) is 12.2 Å². The molecule has 1 fully saturated rings. The minimum atomic E-state index is -1.00. The van der Waals surface area contributed by atoms with Gasteiger partial charge in [0.25, 0.3) is 5.91 Å². The molecule has 144 valence electrons. The lowest BCUT2D eigenvalue weighted by atomic mass is 10.0. The van der Waals surface area contributed by atoms with E-state index in [4.69, 9.17) is 4.74 Å². The summed E-state index contributed by atoms with van der Waals surface area (Å²) >= 11 is 0. The van der Waals surface area contributed by atoms with Gasteiger partial charge in [-0.05, 0) is 43.9 Å². The molecule has 2 N–H and O–H groups in total. The highest BCUT2D eigenvalue weighted by Crippen LogP contribution is 2.15. The molecule has 0 aromatic heterocycles. The van der Waals surface area contributed by atoms with Crippen LogP contribution in [0, 0.1) is 5.92 Å². The second-order valence-electron chi connectivity index (χ2n) is 7.64. The molecule has 1 heterocycles. The number of hydrogen-bond donors (Lipinski definition) is 2. The van der Waals surface area contributed by atoms with Gasteiger partial charge in [-0.2, -0.15) is 0 Å². The van der Waals surface area contributed by atoms with Gasteiger partial charge in [0.1, 0.15) is 6.04 Å². The zero-order chi connectivity index (χ0) is 19.3. The van der Waals surface area contributed by atoms with Gasteiger partial charge in [-0.15, -0.1) is 0 Å². The van der Waals surface area contributed by atoms with Crippen molar-refractivity contribution in [2.24, 2.45) is 5.92 Å². The molecule has 0 aliphatic carbocycles. The Kier molecular flexibility index (Phi) is 7.17. The lowest BCUT2D eigenvalue weighted by Crippen LogP contribution is -2.44. The Hall–Kier alpha value is -1.92. The standard InChI is InChI=1S/C20H30N2O4/c1-13(2)9-18(20(24)25)21-19(23)17-7-5-16(6-8-17)12-22-10-14(3)26-15(4)11-22/h5-8,13-15,18H,9-12H2,1-4H3,(H,21,23)(H,24,25)/t14-,15-,18+/m0/s1. The van der Waals surface area contributed by atoms with E-state index in [1.54, 1.807) is 12.1 Å². The molecule has 1 aromatic carbocycles. The molecule has 1 saturated heterocycles. The third kappa shape index (κ3) is 6.11. The minimum absolute atomic E-state index is 0.192. The summed E-state index contributed by atoms with van der Waals surface area (Å²) in [6.45, 7) is 10.6. The highest BCUT2D eigenvalue weighted by Gasteiger charge is 2.23. The number of carboxylic acids is 1. The predicted octanol–water partition coefficient (Wildman–Crippen LogP) is 2.52. The van der Waals surface area contributed by atoms with Crippen LogP contribution in [0.5, 0.6) is 0 Å². The highest BCUT2D eigenvalue weighted by atomic mass is 16.5. The first-order chi connectivity index (χ1) is 12.2. The second-order valence-corrected chi connectivity index (χ2v) is 7.64. The van der Waals surface area contributed by atoms with Crippen molar-refractivity contribution in [1.29, 1.82) is 0 Å². The molecule has 6 heteroatoms. The van der Waals surface area contributed by atoms with Crippen molar-refractivity contribution in [3.05, 3.63) is 35.4 Å². The molecule has 0 radical (unpaired) electrons. The van der Waals surface area contributed by atoms with E-state index in [1.807, 2.05) is 26.0 Å². The fourth-order valence-electron chi connectivity index (χ4n) is 3.37.